The minimum Gasteiger partial charge on any atom is -1.00 e. The maximum atomic E-state index is 13.2. The number of hydrogen-bond acceptors (Lipinski definition) is 11. The average molecular weight is 957 g/mol. The predicted molar refractivity (Wildman–Crippen MR) is 202 cm³/mol. The molecule has 6 aromatic rings. The fraction of sp³-hybridized carbons (Fsp3) is 0.158. The highest BCUT2D eigenvalue weighted by Crippen LogP contribution is 2.45. The summed E-state index contributed by atoms with van der Waals surface area (Å²) in [4.78, 5) is 28.6. The monoisotopic (exact) mass is 955 g/mol. The maximum Gasteiger partial charge on any atom is 0.586 e. The Morgan fingerprint density at radius 1 is 0.645 bits per heavy atom. The lowest BCUT2D eigenvalue weighted by Gasteiger charge is -2.12. The Morgan fingerprint density at radius 2 is 1.06 bits per heavy atom. The lowest BCUT2D eigenvalue weighted by atomic mass is 10.0. The first-order valence-corrected chi connectivity index (χ1v) is 18.8. The SMILES string of the molecule is Cc1nc(C(F)(F)F)c(C(=O)Cl)s1.Cc1nc(C(F)(F)F)c(C(=O)Nc2ccccc2-c2ccc3c(c2)OC(F)(F)O3)s1.Nc1ccccc1-c1ccc2c(c1)OC(F)(F)O2.[Cl-]. The fourth-order valence-corrected chi connectivity index (χ4v) is 7.35. The first-order valence-electron chi connectivity index (χ1n) is 16.8. The quantitative estimate of drug-likeness (QED) is 0.0988. The summed E-state index contributed by atoms with van der Waals surface area (Å²) in [5, 5.41) is 1.58. The Morgan fingerprint density at radius 3 is 1.53 bits per heavy atom. The number of para-hydroxylation sites is 2. The summed E-state index contributed by atoms with van der Waals surface area (Å²) in [6, 6.07) is 22.1. The van der Waals surface area contributed by atoms with Crippen molar-refractivity contribution >= 4 is 56.8 Å². The van der Waals surface area contributed by atoms with Crippen LogP contribution in [0.3, 0.4) is 0 Å². The van der Waals surface area contributed by atoms with Crippen molar-refractivity contribution in [3.05, 3.63) is 116 Å². The molecule has 4 aromatic carbocycles. The Labute approximate surface area is 361 Å². The summed E-state index contributed by atoms with van der Waals surface area (Å²) in [7, 11) is 0. The summed E-state index contributed by atoms with van der Waals surface area (Å²) in [6.45, 7) is 2.75. The third-order valence-corrected chi connectivity index (χ3v) is 10.2. The number of alkyl halides is 10. The van der Waals surface area contributed by atoms with Gasteiger partial charge in [0.2, 0.25) is 0 Å². The number of benzene rings is 4. The maximum absolute atomic E-state index is 13.2. The highest BCUT2D eigenvalue weighted by Gasteiger charge is 2.45. The van der Waals surface area contributed by atoms with E-state index in [2.05, 4.69) is 34.2 Å². The van der Waals surface area contributed by atoms with E-state index in [0.29, 0.717) is 45.1 Å². The van der Waals surface area contributed by atoms with Crippen LogP contribution in [0.15, 0.2) is 84.9 Å². The number of nitrogens with one attached hydrogen (secondary N) is 1. The molecule has 0 fully saturated rings. The van der Waals surface area contributed by atoms with Gasteiger partial charge in [-0.2, -0.15) is 26.3 Å². The molecular weight excluding hydrogens is 933 g/mol. The van der Waals surface area contributed by atoms with Gasteiger partial charge < -0.3 is 42.4 Å². The zero-order valence-electron chi connectivity index (χ0n) is 30.9. The molecule has 8 rings (SSSR count). The number of nitrogens with zero attached hydrogens (tertiary/aromatic N) is 2. The van der Waals surface area contributed by atoms with Crippen LogP contribution < -0.4 is 42.4 Å². The van der Waals surface area contributed by atoms with E-state index in [1.54, 1.807) is 36.4 Å². The molecule has 0 aliphatic carbocycles. The molecule has 0 saturated carbocycles. The van der Waals surface area contributed by atoms with Crippen LogP contribution in [-0.4, -0.2) is 33.7 Å². The number of aromatic nitrogens is 2. The van der Waals surface area contributed by atoms with Gasteiger partial charge in [0.05, 0.1) is 10.0 Å². The van der Waals surface area contributed by atoms with Gasteiger partial charge in [-0.15, -0.1) is 40.2 Å². The standard InChI is InChI=1S/C19H11F5N2O3S.C13H9F2NO2.C6H3ClF3NOS.ClH/c1-9-25-16(18(20,21)22)15(30-9)17(27)26-12-5-3-2-4-11(12)10-6-7-13-14(8-10)29-19(23,24)28-13;14-13(15)17-11-6-5-8(7-12(11)18-13)9-3-1-2-4-10(9)16;1-2-11-4(6(8,9)10)3(13-2)5(7)12;/h2-8H,1H3,(H,26,27);1-7H,16H2;1H3;1H/p-1. The summed E-state index contributed by atoms with van der Waals surface area (Å²) >= 11 is 6.22. The van der Waals surface area contributed by atoms with Crippen molar-refractivity contribution in [3.63, 3.8) is 0 Å². The smallest absolute Gasteiger partial charge is 0.586 e. The molecule has 24 heteroatoms. The van der Waals surface area contributed by atoms with Crippen molar-refractivity contribution in [2.75, 3.05) is 11.1 Å². The number of halogens is 12. The number of anilines is 2. The first-order chi connectivity index (χ1) is 28.4. The predicted octanol–water partition coefficient (Wildman–Crippen LogP) is 8.82. The number of nitrogen functional groups attached to an aromatic ring is 1. The highest BCUT2D eigenvalue weighted by molar-refractivity contribution is 7.15. The summed E-state index contributed by atoms with van der Waals surface area (Å²) in [6.07, 6.45) is -16.8. The minimum atomic E-state index is -4.78. The van der Waals surface area contributed by atoms with Crippen LogP contribution in [0.5, 0.6) is 23.0 Å². The van der Waals surface area contributed by atoms with E-state index in [4.69, 9.17) is 17.3 Å². The number of aryl methyl sites for hydroxylation is 2. The van der Waals surface area contributed by atoms with Gasteiger partial charge in [-0.25, -0.2) is 9.97 Å². The fourth-order valence-electron chi connectivity index (χ4n) is 5.54. The van der Waals surface area contributed by atoms with Gasteiger partial charge >= 0.3 is 24.9 Å². The zero-order valence-corrected chi connectivity index (χ0v) is 34.0. The van der Waals surface area contributed by atoms with Gasteiger partial charge in [-0.05, 0) is 73.0 Å². The van der Waals surface area contributed by atoms with Crippen LogP contribution in [0, 0.1) is 13.8 Å². The van der Waals surface area contributed by atoms with E-state index in [-0.39, 0.29) is 51.1 Å². The molecule has 0 bridgehead atoms. The van der Waals surface area contributed by atoms with Gasteiger partial charge in [-0.3, -0.25) is 9.59 Å². The van der Waals surface area contributed by atoms with Crippen LogP contribution in [0.25, 0.3) is 22.3 Å². The number of fused-ring (bicyclic) bond motifs is 2. The number of carbonyl (C=O) groups excluding carboxylic acids is 2. The lowest BCUT2D eigenvalue weighted by molar-refractivity contribution is -0.287. The average Bonchev–Trinajstić information content (AvgIpc) is 3.92. The Hall–Kier alpha value is -5.84. The topological polar surface area (TPSA) is 135 Å². The Kier molecular flexibility index (Phi) is 13.6. The van der Waals surface area contributed by atoms with Crippen LogP contribution in [-0.2, 0) is 12.4 Å². The number of amides is 1. The molecule has 0 atom stereocenters. The molecule has 0 saturated heterocycles. The number of ether oxygens (including phenoxy) is 4. The molecule has 0 spiro atoms. The van der Waals surface area contributed by atoms with E-state index in [9.17, 15) is 53.5 Å². The van der Waals surface area contributed by atoms with Gasteiger partial charge in [0.25, 0.3) is 11.1 Å². The molecule has 4 heterocycles. The normalized spacial score (nSPS) is 14.1. The second kappa shape index (κ2) is 17.9. The van der Waals surface area contributed by atoms with Crippen molar-refractivity contribution in [2.24, 2.45) is 0 Å². The van der Waals surface area contributed by atoms with Crippen molar-refractivity contribution in [1.29, 1.82) is 0 Å². The second-order valence-corrected chi connectivity index (χ2v) is 15.1. The van der Waals surface area contributed by atoms with Gasteiger partial charge in [0, 0.05) is 22.5 Å². The van der Waals surface area contributed by atoms with E-state index >= 15 is 0 Å². The molecule has 62 heavy (non-hydrogen) atoms. The highest BCUT2D eigenvalue weighted by atomic mass is 35.5. The Balaban J connectivity index is 0.000000193. The third kappa shape index (κ3) is 11.0. The summed E-state index contributed by atoms with van der Waals surface area (Å²) in [5.41, 5.74) is 6.38. The molecule has 2 aromatic heterocycles. The molecule has 10 nitrogen and oxygen atoms in total. The third-order valence-electron chi connectivity index (χ3n) is 7.95. The molecule has 0 unspecified atom stereocenters. The van der Waals surface area contributed by atoms with Crippen LogP contribution in [0.1, 0.15) is 40.7 Å². The minimum absolute atomic E-state index is 0. The van der Waals surface area contributed by atoms with Crippen LogP contribution in [0.2, 0.25) is 0 Å². The largest absolute Gasteiger partial charge is 1.00 e. The van der Waals surface area contributed by atoms with Gasteiger partial charge in [0.1, 0.15) is 9.75 Å². The zero-order chi connectivity index (χ0) is 44.7. The number of thiazole rings is 2. The molecule has 2 aliphatic heterocycles. The van der Waals surface area contributed by atoms with Crippen molar-refractivity contribution in [1.82, 2.24) is 9.97 Å². The Bertz CT molecular complexity index is 2640. The van der Waals surface area contributed by atoms with Crippen LogP contribution >= 0.6 is 34.3 Å². The molecule has 3 N–H and O–H groups in total. The number of nitrogens with two attached hydrogens (primary N) is 1. The lowest BCUT2D eigenvalue weighted by Crippen LogP contribution is -3.00. The first kappa shape index (κ1) is 47.2. The van der Waals surface area contributed by atoms with Crippen molar-refractivity contribution in [3.8, 4) is 45.3 Å². The number of hydrogen-bond donors (Lipinski definition) is 2. The van der Waals surface area contributed by atoms with Crippen molar-refractivity contribution < 1.29 is 84.8 Å². The van der Waals surface area contributed by atoms with Crippen molar-refractivity contribution in [2.45, 2.75) is 38.8 Å². The van der Waals surface area contributed by atoms with E-state index in [1.165, 1.54) is 50.2 Å². The molecule has 1 amide bonds. The van der Waals surface area contributed by atoms with E-state index < -0.39 is 57.2 Å². The number of carbonyl (C=O) groups is 2. The van der Waals surface area contributed by atoms with Gasteiger partial charge in [-0.1, -0.05) is 48.5 Å². The summed E-state index contributed by atoms with van der Waals surface area (Å²) < 4.78 is 146. The van der Waals surface area contributed by atoms with Crippen LogP contribution in [0.4, 0.5) is 55.3 Å². The molecule has 2 aliphatic rings. The molecule has 0 radical (unpaired) electrons. The van der Waals surface area contributed by atoms with E-state index in [1.807, 2.05) is 12.1 Å². The van der Waals surface area contributed by atoms with E-state index in [0.717, 1.165) is 5.56 Å². The van der Waals surface area contributed by atoms with Gasteiger partial charge in [0.15, 0.2) is 34.4 Å². The number of rotatable bonds is 5. The molecular formula is C38H23Cl2F10N4O6S2-. The molecule has 328 valence electrons. The second-order valence-electron chi connectivity index (χ2n) is 12.3. The summed E-state index contributed by atoms with van der Waals surface area (Å²) in [5.74, 6) is -1.29.